The average molecular weight is 566 g/mol. The smallest absolute Gasteiger partial charge is 0.138 e. The van der Waals surface area contributed by atoms with Crippen molar-refractivity contribution in [2.45, 2.75) is 25.7 Å². The highest BCUT2D eigenvalue weighted by Crippen LogP contribution is 2.43. The third-order valence-electron chi connectivity index (χ3n) is 9.30. The van der Waals surface area contributed by atoms with Crippen LogP contribution >= 0.6 is 0 Å². The van der Waals surface area contributed by atoms with E-state index >= 15 is 0 Å². The van der Waals surface area contributed by atoms with Crippen LogP contribution in [0.25, 0.3) is 66.6 Å². The topological polar surface area (TPSA) is 22.8 Å². The fourth-order valence-corrected chi connectivity index (χ4v) is 7.35. The van der Waals surface area contributed by atoms with Gasteiger partial charge in [-0.25, -0.2) is 4.98 Å². The number of hydrogen-bond acceptors (Lipinski definition) is 1. The van der Waals surface area contributed by atoms with Gasteiger partial charge in [0, 0.05) is 33.1 Å². The summed E-state index contributed by atoms with van der Waals surface area (Å²) in [5.41, 5.74) is 12.3. The molecule has 3 heteroatoms. The zero-order valence-corrected chi connectivity index (χ0v) is 24.4. The molecule has 0 atom stereocenters. The van der Waals surface area contributed by atoms with Crippen molar-refractivity contribution in [3.8, 4) is 33.9 Å². The van der Waals surface area contributed by atoms with Crippen LogP contribution < -0.4 is 0 Å². The first kappa shape index (κ1) is 25.1. The third kappa shape index (κ3) is 3.86. The van der Waals surface area contributed by atoms with Gasteiger partial charge in [0.2, 0.25) is 0 Å². The standard InChI is InChI=1S/C41H31N3/c1-4-14-28(15-5-1)30-26-36(29-16-6-2-7-17-29)42-39(27-30)44-38-23-13-11-21-33(38)35-25-24-34-32-20-10-12-22-37(32)43(40(34)41(35)44)31-18-8-3-9-19-31/h1-10,12,14-20,22,24-27H,11,13,21,23H2. The van der Waals surface area contributed by atoms with Crippen LogP contribution in [-0.4, -0.2) is 14.1 Å². The Kier molecular flexibility index (Phi) is 5.77. The van der Waals surface area contributed by atoms with E-state index in [1.807, 2.05) is 0 Å². The molecule has 3 heterocycles. The maximum absolute atomic E-state index is 5.45. The summed E-state index contributed by atoms with van der Waals surface area (Å²) in [6.07, 6.45) is 4.56. The van der Waals surface area contributed by atoms with Crippen LogP contribution in [-0.2, 0) is 12.8 Å². The van der Waals surface area contributed by atoms with Crippen LogP contribution in [0.3, 0.4) is 0 Å². The number of aryl methyl sites for hydroxylation is 1. The first-order chi connectivity index (χ1) is 21.8. The average Bonchev–Trinajstić information content (AvgIpc) is 3.62. The van der Waals surface area contributed by atoms with Crippen molar-refractivity contribution in [3.63, 3.8) is 0 Å². The summed E-state index contributed by atoms with van der Waals surface area (Å²) in [6, 6.07) is 50.2. The molecule has 5 aromatic carbocycles. The first-order valence-corrected chi connectivity index (χ1v) is 15.6. The highest BCUT2D eigenvalue weighted by Gasteiger charge is 2.26. The third-order valence-corrected chi connectivity index (χ3v) is 9.30. The van der Waals surface area contributed by atoms with E-state index in [0.717, 1.165) is 29.9 Å². The lowest BCUT2D eigenvalue weighted by Gasteiger charge is -2.18. The summed E-state index contributed by atoms with van der Waals surface area (Å²) >= 11 is 0. The fourth-order valence-electron chi connectivity index (χ4n) is 7.35. The van der Waals surface area contributed by atoms with Crippen LogP contribution in [0.1, 0.15) is 24.1 Å². The molecule has 0 amide bonds. The second kappa shape index (κ2) is 10.1. The van der Waals surface area contributed by atoms with Crippen LogP contribution in [0.15, 0.2) is 140 Å². The SMILES string of the molecule is c1ccc(-c2cc(-c3ccccc3)nc(-n3c4c(c5ccc6c7ccccc7n(-c7ccccc7)c6c53)CCCC4)c2)cc1. The van der Waals surface area contributed by atoms with Crippen LogP contribution in [0.2, 0.25) is 0 Å². The van der Waals surface area contributed by atoms with E-state index in [2.05, 4.69) is 149 Å². The molecule has 0 aliphatic heterocycles. The highest BCUT2D eigenvalue weighted by atomic mass is 15.1. The molecule has 44 heavy (non-hydrogen) atoms. The van der Waals surface area contributed by atoms with Gasteiger partial charge in [-0.2, -0.15) is 0 Å². The molecule has 3 nitrogen and oxygen atoms in total. The second-order valence-corrected chi connectivity index (χ2v) is 11.8. The number of benzene rings is 5. The molecule has 0 spiro atoms. The summed E-state index contributed by atoms with van der Waals surface area (Å²) in [7, 11) is 0. The monoisotopic (exact) mass is 565 g/mol. The molecule has 9 rings (SSSR count). The molecule has 0 N–H and O–H groups in total. The van der Waals surface area contributed by atoms with Crippen molar-refractivity contribution in [2.75, 3.05) is 0 Å². The van der Waals surface area contributed by atoms with Crippen LogP contribution in [0.5, 0.6) is 0 Å². The fraction of sp³-hybridized carbons (Fsp3) is 0.0976. The van der Waals surface area contributed by atoms with Gasteiger partial charge in [0.1, 0.15) is 5.82 Å². The Morgan fingerprint density at radius 2 is 1.11 bits per heavy atom. The molecule has 0 fully saturated rings. The molecule has 0 saturated carbocycles. The van der Waals surface area contributed by atoms with Crippen molar-refractivity contribution in [3.05, 3.63) is 151 Å². The lowest BCUT2D eigenvalue weighted by atomic mass is 9.95. The zero-order valence-electron chi connectivity index (χ0n) is 24.4. The molecule has 0 radical (unpaired) electrons. The van der Waals surface area contributed by atoms with Gasteiger partial charge in [-0.15, -0.1) is 0 Å². The van der Waals surface area contributed by atoms with E-state index in [0.29, 0.717) is 0 Å². The van der Waals surface area contributed by atoms with E-state index in [9.17, 15) is 0 Å². The van der Waals surface area contributed by atoms with Gasteiger partial charge in [-0.1, -0.05) is 109 Å². The highest BCUT2D eigenvalue weighted by molar-refractivity contribution is 6.19. The molecule has 0 saturated heterocycles. The second-order valence-electron chi connectivity index (χ2n) is 11.8. The van der Waals surface area contributed by atoms with E-state index in [1.54, 1.807) is 0 Å². The van der Waals surface area contributed by atoms with Gasteiger partial charge in [0.25, 0.3) is 0 Å². The number of rotatable bonds is 4. The Morgan fingerprint density at radius 3 is 1.91 bits per heavy atom. The molecule has 0 bridgehead atoms. The lowest BCUT2D eigenvalue weighted by molar-refractivity contribution is 0.665. The van der Waals surface area contributed by atoms with Gasteiger partial charge in [0.05, 0.1) is 22.2 Å². The van der Waals surface area contributed by atoms with Gasteiger partial charge in [-0.05, 0) is 72.7 Å². The molecular formula is C41H31N3. The summed E-state index contributed by atoms with van der Waals surface area (Å²) in [5, 5.41) is 3.89. The van der Waals surface area contributed by atoms with Crippen molar-refractivity contribution in [1.82, 2.24) is 14.1 Å². The molecule has 1 aliphatic carbocycles. The summed E-state index contributed by atoms with van der Waals surface area (Å²) in [5.74, 6) is 0.982. The maximum atomic E-state index is 5.45. The molecule has 210 valence electrons. The number of aromatic nitrogens is 3. The Labute approximate surface area is 256 Å². The van der Waals surface area contributed by atoms with Crippen molar-refractivity contribution >= 4 is 32.7 Å². The quantitative estimate of drug-likeness (QED) is 0.208. The largest absolute Gasteiger partial charge is 0.307 e. The number of para-hydroxylation sites is 2. The Morgan fingerprint density at radius 1 is 0.477 bits per heavy atom. The van der Waals surface area contributed by atoms with E-state index in [4.69, 9.17) is 4.98 Å². The van der Waals surface area contributed by atoms with Gasteiger partial charge < -0.3 is 4.57 Å². The molecule has 3 aromatic heterocycles. The Balaban J connectivity index is 1.45. The summed E-state index contributed by atoms with van der Waals surface area (Å²) in [6.45, 7) is 0. The van der Waals surface area contributed by atoms with Crippen molar-refractivity contribution in [2.24, 2.45) is 0 Å². The van der Waals surface area contributed by atoms with E-state index in [-0.39, 0.29) is 0 Å². The Hall–Kier alpha value is -5.41. The van der Waals surface area contributed by atoms with Crippen LogP contribution in [0.4, 0.5) is 0 Å². The molecular weight excluding hydrogens is 534 g/mol. The minimum Gasteiger partial charge on any atom is -0.307 e. The van der Waals surface area contributed by atoms with Gasteiger partial charge in [0.15, 0.2) is 0 Å². The first-order valence-electron chi connectivity index (χ1n) is 15.6. The lowest BCUT2D eigenvalue weighted by Crippen LogP contribution is -2.09. The van der Waals surface area contributed by atoms with E-state index < -0.39 is 0 Å². The predicted molar refractivity (Wildman–Crippen MR) is 183 cm³/mol. The van der Waals surface area contributed by atoms with Crippen LogP contribution in [0, 0.1) is 0 Å². The normalized spacial score (nSPS) is 13.1. The number of pyridine rings is 1. The summed E-state index contributed by atoms with van der Waals surface area (Å²) in [4.78, 5) is 5.45. The number of nitrogens with zero attached hydrogens (tertiary/aromatic N) is 3. The van der Waals surface area contributed by atoms with Gasteiger partial charge >= 0.3 is 0 Å². The number of hydrogen-bond donors (Lipinski definition) is 0. The minimum absolute atomic E-state index is 0.982. The summed E-state index contributed by atoms with van der Waals surface area (Å²) < 4.78 is 4.98. The maximum Gasteiger partial charge on any atom is 0.138 e. The van der Waals surface area contributed by atoms with Crippen molar-refractivity contribution in [1.29, 1.82) is 0 Å². The Bertz CT molecular complexity index is 2250. The molecule has 8 aromatic rings. The molecule has 0 unspecified atom stereocenters. The van der Waals surface area contributed by atoms with E-state index in [1.165, 1.54) is 73.6 Å². The zero-order chi connectivity index (χ0) is 29.0. The molecule has 1 aliphatic rings. The number of fused-ring (bicyclic) bond motifs is 7. The minimum atomic E-state index is 0.982. The predicted octanol–water partition coefficient (Wildman–Crippen LogP) is 10.3. The van der Waals surface area contributed by atoms with Gasteiger partial charge in [-0.3, -0.25) is 4.57 Å². The van der Waals surface area contributed by atoms with Crippen molar-refractivity contribution < 1.29 is 0 Å².